The van der Waals surface area contributed by atoms with Crippen molar-refractivity contribution in [1.29, 1.82) is 0 Å². The van der Waals surface area contributed by atoms with Crippen LogP contribution in [0.1, 0.15) is 33.6 Å². The Bertz CT molecular complexity index is 1250. The Labute approximate surface area is 195 Å². The minimum atomic E-state index is -0.484. The van der Waals surface area contributed by atoms with E-state index in [2.05, 4.69) is 32.8 Å². The number of piperidine rings is 1. The molecule has 0 atom stereocenters. The first kappa shape index (κ1) is 21.4. The van der Waals surface area contributed by atoms with E-state index in [0.717, 1.165) is 35.2 Å². The summed E-state index contributed by atoms with van der Waals surface area (Å²) in [7, 11) is 0. The summed E-state index contributed by atoms with van der Waals surface area (Å²) in [6.45, 7) is 6.88. The van der Waals surface area contributed by atoms with Gasteiger partial charge in [-0.05, 0) is 45.0 Å². The van der Waals surface area contributed by atoms with Crippen LogP contribution in [0.4, 0.5) is 4.79 Å². The maximum atomic E-state index is 12.3. The molecule has 0 unspecified atom stereocenters. The molecule has 3 aromatic heterocycles. The van der Waals surface area contributed by atoms with Gasteiger partial charge in [0.1, 0.15) is 24.4 Å². The third-order valence-corrected chi connectivity index (χ3v) is 6.15. The molecule has 33 heavy (non-hydrogen) atoms. The van der Waals surface area contributed by atoms with Gasteiger partial charge in [0.15, 0.2) is 5.82 Å². The van der Waals surface area contributed by atoms with Gasteiger partial charge >= 0.3 is 6.09 Å². The molecule has 1 fully saturated rings. The van der Waals surface area contributed by atoms with Gasteiger partial charge in [0.25, 0.3) is 5.19 Å². The van der Waals surface area contributed by atoms with Crippen LogP contribution in [-0.4, -0.2) is 60.1 Å². The molecular weight excluding hydrogens is 440 g/mol. The first-order valence-electron chi connectivity index (χ1n) is 10.9. The van der Waals surface area contributed by atoms with Gasteiger partial charge in [-0.1, -0.05) is 11.3 Å². The van der Waals surface area contributed by atoms with E-state index < -0.39 is 5.60 Å². The van der Waals surface area contributed by atoms with Gasteiger partial charge in [-0.15, -0.1) is 0 Å². The van der Waals surface area contributed by atoms with E-state index in [-0.39, 0.29) is 12.2 Å². The maximum absolute atomic E-state index is 12.3. The zero-order valence-corrected chi connectivity index (χ0v) is 19.7. The van der Waals surface area contributed by atoms with Crippen molar-refractivity contribution < 1.29 is 14.3 Å². The molecule has 1 aromatic carbocycles. The molecule has 0 bridgehead atoms. The van der Waals surface area contributed by atoms with Crippen molar-refractivity contribution in [1.82, 2.24) is 29.2 Å². The smallest absolute Gasteiger partial charge is 0.410 e. The number of benzene rings is 1. The fourth-order valence-electron chi connectivity index (χ4n) is 3.85. The lowest BCUT2D eigenvalue weighted by Gasteiger charge is -2.33. The highest BCUT2D eigenvalue weighted by Crippen LogP contribution is 2.28. The molecule has 9 nitrogen and oxygen atoms in total. The summed E-state index contributed by atoms with van der Waals surface area (Å²) in [5.74, 6) is 0.824. The molecule has 1 saturated heterocycles. The zero-order chi connectivity index (χ0) is 23.0. The third-order valence-electron chi connectivity index (χ3n) is 5.44. The topological polar surface area (TPSA) is 87.3 Å². The number of thiazole rings is 1. The van der Waals surface area contributed by atoms with Crippen molar-refractivity contribution in [3.8, 4) is 16.7 Å². The molecule has 4 heterocycles. The van der Waals surface area contributed by atoms with Crippen molar-refractivity contribution in [2.75, 3.05) is 13.1 Å². The van der Waals surface area contributed by atoms with Gasteiger partial charge in [0.05, 0.1) is 11.2 Å². The van der Waals surface area contributed by atoms with Crippen LogP contribution < -0.4 is 4.74 Å². The number of amides is 1. The van der Waals surface area contributed by atoms with Crippen LogP contribution in [0.25, 0.3) is 22.4 Å². The number of nitrogens with zero attached hydrogens (tertiary/aromatic N) is 6. The van der Waals surface area contributed by atoms with Gasteiger partial charge in [-0.25, -0.2) is 14.5 Å². The lowest BCUT2D eigenvalue weighted by atomic mass is 10.1. The average Bonchev–Trinajstić information content (AvgIpc) is 3.53. The summed E-state index contributed by atoms with van der Waals surface area (Å²) < 4.78 is 15.4. The summed E-state index contributed by atoms with van der Waals surface area (Å²) >= 11 is 1.48. The molecule has 4 aromatic rings. The monoisotopic (exact) mass is 466 g/mol. The fourth-order valence-corrected chi connectivity index (χ4v) is 4.56. The molecular formula is C23H26N6O3S. The van der Waals surface area contributed by atoms with E-state index >= 15 is 0 Å². The van der Waals surface area contributed by atoms with Crippen LogP contribution in [-0.2, 0) is 4.74 Å². The van der Waals surface area contributed by atoms with Crippen LogP contribution in [0.15, 0.2) is 48.5 Å². The molecule has 0 radical (unpaired) electrons. The standard InChI is InChI=1S/C23H26N6O3S/c1-23(2,3)32-22(30)27-9-7-18(8-10-27)31-21-26-20(13-33-21)28-11-6-16-12-17(4-5-19(16)28)29-15-24-14-25-29/h4-6,11-15,18H,7-10H2,1-3H3. The van der Waals surface area contributed by atoms with E-state index in [0.29, 0.717) is 18.3 Å². The molecule has 10 heteroatoms. The molecule has 1 aliphatic heterocycles. The highest BCUT2D eigenvalue weighted by Gasteiger charge is 2.28. The molecule has 172 valence electrons. The number of hydrogen-bond donors (Lipinski definition) is 0. The highest BCUT2D eigenvalue weighted by atomic mass is 32.1. The maximum Gasteiger partial charge on any atom is 0.410 e. The normalized spacial score (nSPS) is 15.2. The lowest BCUT2D eigenvalue weighted by Crippen LogP contribution is -2.44. The summed E-state index contributed by atoms with van der Waals surface area (Å²) in [6.07, 6.45) is 6.50. The lowest BCUT2D eigenvalue weighted by molar-refractivity contribution is 0.0126. The van der Waals surface area contributed by atoms with E-state index in [1.54, 1.807) is 15.9 Å². The highest BCUT2D eigenvalue weighted by molar-refractivity contribution is 7.11. The first-order valence-corrected chi connectivity index (χ1v) is 11.8. The van der Waals surface area contributed by atoms with Crippen molar-refractivity contribution in [3.05, 3.63) is 48.5 Å². The number of hydrogen-bond acceptors (Lipinski definition) is 7. The number of likely N-dealkylation sites (tertiary alicyclic amines) is 1. The number of rotatable bonds is 4. The van der Waals surface area contributed by atoms with Crippen LogP contribution >= 0.6 is 11.3 Å². The summed E-state index contributed by atoms with van der Waals surface area (Å²) in [5, 5.41) is 7.92. The Morgan fingerprint density at radius 2 is 2.00 bits per heavy atom. The number of carbonyl (C=O) groups excluding carboxylic acids is 1. The van der Waals surface area contributed by atoms with Gasteiger partial charge < -0.3 is 18.9 Å². The molecule has 0 aliphatic carbocycles. The SMILES string of the molecule is CC(C)(C)OC(=O)N1CCC(Oc2nc(-n3ccc4cc(-n5cncn5)ccc43)cs2)CC1. The van der Waals surface area contributed by atoms with Crippen molar-refractivity contribution in [3.63, 3.8) is 0 Å². The van der Waals surface area contributed by atoms with E-state index in [1.165, 1.54) is 17.7 Å². The molecule has 0 saturated carbocycles. The quantitative estimate of drug-likeness (QED) is 0.442. The second-order valence-electron chi connectivity index (χ2n) is 9.03. The zero-order valence-electron chi connectivity index (χ0n) is 18.8. The van der Waals surface area contributed by atoms with Crippen LogP contribution in [0, 0.1) is 0 Å². The predicted octanol–water partition coefficient (Wildman–Crippen LogP) is 4.45. The molecule has 1 amide bonds. The molecule has 1 aliphatic rings. The van der Waals surface area contributed by atoms with E-state index in [9.17, 15) is 4.79 Å². The number of carbonyl (C=O) groups is 1. The largest absolute Gasteiger partial charge is 0.467 e. The molecule has 0 spiro atoms. The summed E-state index contributed by atoms with van der Waals surface area (Å²) in [5.41, 5.74) is 1.53. The minimum absolute atomic E-state index is 0.0364. The van der Waals surface area contributed by atoms with E-state index in [4.69, 9.17) is 14.5 Å². The first-order chi connectivity index (χ1) is 15.9. The van der Waals surface area contributed by atoms with E-state index in [1.807, 2.05) is 38.4 Å². The van der Waals surface area contributed by atoms with Crippen LogP contribution in [0.3, 0.4) is 0 Å². The Balaban J connectivity index is 1.23. The van der Waals surface area contributed by atoms with Gasteiger partial charge in [-0.3, -0.25) is 0 Å². The van der Waals surface area contributed by atoms with Gasteiger partial charge in [0.2, 0.25) is 0 Å². The number of fused-ring (bicyclic) bond motifs is 1. The predicted molar refractivity (Wildman–Crippen MR) is 125 cm³/mol. The fraction of sp³-hybridized carbons (Fsp3) is 0.391. The summed E-state index contributed by atoms with van der Waals surface area (Å²) in [6, 6.07) is 8.19. The summed E-state index contributed by atoms with van der Waals surface area (Å²) in [4.78, 5) is 22.7. The Morgan fingerprint density at radius 1 is 1.18 bits per heavy atom. The number of ether oxygens (including phenoxy) is 2. The third kappa shape index (κ3) is 4.70. The van der Waals surface area contributed by atoms with Crippen LogP contribution in [0.2, 0.25) is 0 Å². The Morgan fingerprint density at radius 3 is 2.73 bits per heavy atom. The second-order valence-corrected chi connectivity index (χ2v) is 9.85. The van der Waals surface area contributed by atoms with Crippen LogP contribution in [0.5, 0.6) is 5.19 Å². The Hall–Kier alpha value is -3.40. The Kier molecular flexibility index (Phi) is 5.53. The molecule has 0 N–H and O–H groups in total. The van der Waals surface area contributed by atoms with Crippen molar-refractivity contribution in [2.45, 2.75) is 45.3 Å². The van der Waals surface area contributed by atoms with Gasteiger partial charge in [0, 0.05) is 42.9 Å². The van der Waals surface area contributed by atoms with Crippen molar-refractivity contribution in [2.24, 2.45) is 0 Å². The average molecular weight is 467 g/mol. The number of aromatic nitrogens is 5. The van der Waals surface area contributed by atoms with Gasteiger partial charge in [-0.2, -0.15) is 10.1 Å². The molecule has 5 rings (SSSR count). The second kappa shape index (κ2) is 8.51. The minimum Gasteiger partial charge on any atom is -0.467 e. The van der Waals surface area contributed by atoms with Crippen molar-refractivity contribution >= 4 is 28.3 Å².